The first-order valence-electron chi connectivity index (χ1n) is 6.65. The molecule has 1 aromatic rings. The summed E-state index contributed by atoms with van der Waals surface area (Å²) in [6.45, 7) is 7.33. The molecule has 20 heavy (non-hydrogen) atoms. The SMILES string of the molecule is C[C@@H]1COCCN1c1ccc2c(c1)OCCNC2.Cl.Cl. The van der Waals surface area contributed by atoms with Crippen LogP contribution < -0.4 is 15.0 Å². The Kier molecular flexibility index (Phi) is 6.89. The highest BCUT2D eigenvalue weighted by Gasteiger charge is 2.20. The van der Waals surface area contributed by atoms with E-state index >= 15 is 0 Å². The van der Waals surface area contributed by atoms with E-state index in [1.165, 1.54) is 11.3 Å². The van der Waals surface area contributed by atoms with Crippen molar-refractivity contribution >= 4 is 30.5 Å². The van der Waals surface area contributed by atoms with Gasteiger partial charge in [0, 0.05) is 43.0 Å². The average Bonchev–Trinajstić information content (AvgIpc) is 2.63. The molecule has 6 heteroatoms. The summed E-state index contributed by atoms with van der Waals surface area (Å²) in [5.74, 6) is 1.02. The van der Waals surface area contributed by atoms with Crippen LogP contribution in [0.5, 0.6) is 5.75 Å². The highest BCUT2D eigenvalue weighted by Crippen LogP contribution is 2.28. The van der Waals surface area contributed by atoms with Crippen molar-refractivity contribution in [3.05, 3.63) is 23.8 Å². The molecule has 0 spiro atoms. The standard InChI is InChI=1S/C14H20N2O2.2ClH/c1-11-10-17-7-5-16(11)13-3-2-12-9-15-4-6-18-14(12)8-13;;/h2-3,8,11,15H,4-7,9-10H2,1H3;2*1H/t11-;;/m1../s1. The number of nitrogens with one attached hydrogen (secondary N) is 1. The second-order valence-electron chi connectivity index (χ2n) is 4.93. The summed E-state index contributed by atoms with van der Waals surface area (Å²) < 4.78 is 11.3. The minimum absolute atomic E-state index is 0. The number of morpholine rings is 1. The molecule has 2 aliphatic rings. The quantitative estimate of drug-likeness (QED) is 0.860. The number of hydrogen-bond acceptors (Lipinski definition) is 4. The molecule has 1 fully saturated rings. The molecule has 1 atom stereocenters. The molecule has 0 bridgehead atoms. The van der Waals surface area contributed by atoms with Gasteiger partial charge in [0.1, 0.15) is 12.4 Å². The van der Waals surface area contributed by atoms with Crippen molar-refractivity contribution in [2.45, 2.75) is 19.5 Å². The van der Waals surface area contributed by atoms with Gasteiger partial charge in [-0.25, -0.2) is 0 Å². The van der Waals surface area contributed by atoms with E-state index in [-0.39, 0.29) is 24.8 Å². The Hall–Kier alpha value is -0.680. The van der Waals surface area contributed by atoms with E-state index in [2.05, 4.69) is 35.3 Å². The molecule has 114 valence electrons. The molecule has 0 radical (unpaired) electrons. The smallest absolute Gasteiger partial charge is 0.125 e. The highest BCUT2D eigenvalue weighted by molar-refractivity contribution is 5.85. The summed E-state index contributed by atoms with van der Waals surface area (Å²) in [4.78, 5) is 2.39. The van der Waals surface area contributed by atoms with Gasteiger partial charge in [-0.1, -0.05) is 6.07 Å². The van der Waals surface area contributed by atoms with Gasteiger partial charge < -0.3 is 19.7 Å². The summed E-state index contributed by atoms with van der Waals surface area (Å²) >= 11 is 0. The van der Waals surface area contributed by atoms with Crippen molar-refractivity contribution in [1.29, 1.82) is 0 Å². The zero-order valence-electron chi connectivity index (χ0n) is 11.6. The van der Waals surface area contributed by atoms with Crippen LogP contribution in [-0.2, 0) is 11.3 Å². The summed E-state index contributed by atoms with van der Waals surface area (Å²) in [6, 6.07) is 6.97. The minimum Gasteiger partial charge on any atom is -0.492 e. The van der Waals surface area contributed by atoms with E-state index in [0.717, 1.165) is 45.2 Å². The van der Waals surface area contributed by atoms with E-state index in [4.69, 9.17) is 9.47 Å². The molecule has 1 saturated heterocycles. The molecule has 0 aliphatic carbocycles. The van der Waals surface area contributed by atoms with Crippen LogP contribution in [0.3, 0.4) is 0 Å². The third-order valence-corrected chi connectivity index (χ3v) is 3.60. The second-order valence-corrected chi connectivity index (χ2v) is 4.93. The Morgan fingerprint density at radius 1 is 1.25 bits per heavy atom. The van der Waals surface area contributed by atoms with Crippen molar-refractivity contribution in [2.75, 3.05) is 37.8 Å². The third-order valence-electron chi connectivity index (χ3n) is 3.60. The van der Waals surface area contributed by atoms with Crippen LogP contribution in [-0.4, -0.2) is 39.0 Å². The molecule has 0 saturated carbocycles. The normalized spacial score (nSPS) is 21.6. The number of anilines is 1. The molecule has 0 amide bonds. The Bertz CT molecular complexity index is 432. The van der Waals surface area contributed by atoms with E-state index < -0.39 is 0 Å². The van der Waals surface area contributed by atoms with Crippen LogP contribution in [0.4, 0.5) is 5.69 Å². The monoisotopic (exact) mass is 320 g/mol. The lowest BCUT2D eigenvalue weighted by molar-refractivity contribution is 0.0989. The second kappa shape index (κ2) is 7.93. The van der Waals surface area contributed by atoms with Crippen LogP contribution in [0, 0.1) is 0 Å². The van der Waals surface area contributed by atoms with Crippen LogP contribution in [0.15, 0.2) is 18.2 Å². The molecule has 1 aromatic carbocycles. The predicted molar refractivity (Wildman–Crippen MR) is 85.8 cm³/mol. The molecule has 2 heterocycles. The van der Waals surface area contributed by atoms with E-state index in [1.807, 2.05) is 0 Å². The lowest BCUT2D eigenvalue weighted by Crippen LogP contribution is -2.43. The average molecular weight is 321 g/mol. The van der Waals surface area contributed by atoms with Gasteiger partial charge in [-0.3, -0.25) is 0 Å². The minimum atomic E-state index is 0. The fourth-order valence-electron chi connectivity index (χ4n) is 2.57. The van der Waals surface area contributed by atoms with Gasteiger partial charge in [-0.2, -0.15) is 0 Å². The Morgan fingerprint density at radius 3 is 2.90 bits per heavy atom. The number of nitrogens with zero attached hydrogens (tertiary/aromatic N) is 1. The first-order valence-corrected chi connectivity index (χ1v) is 6.65. The van der Waals surface area contributed by atoms with Gasteiger partial charge >= 0.3 is 0 Å². The van der Waals surface area contributed by atoms with Gasteiger partial charge in [0.15, 0.2) is 0 Å². The maximum atomic E-state index is 5.79. The molecule has 0 unspecified atom stereocenters. The van der Waals surface area contributed by atoms with E-state index in [0.29, 0.717) is 6.04 Å². The number of halogens is 2. The topological polar surface area (TPSA) is 33.7 Å². The van der Waals surface area contributed by atoms with E-state index in [9.17, 15) is 0 Å². The molecular weight excluding hydrogens is 299 g/mol. The summed E-state index contributed by atoms with van der Waals surface area (Å²) in [6.07, 6.45) is 0. The Balaban J connectivity index is 0.000001000. The molecule has 4 nitrogen and oxygen atoms in total. The van der Waals surface area contributed by atoms with Crippen LogP contribution in [0.25, 0.3) is 0 Å². The number of benzene rings is 1. The summed E-state index contributed by atoms with van der Waals surface area (Å²) in [7, 11) is 0. The molecular formula is C14H22Cl2N2O2. The molecule has 0 aromatic heterocycles. The van der Waals surface area contributed by atoms with Gasteiger partial charge in [0.25, 0.3) is 0 Å². The molecule has 2 aliphatic heterocycles. The maximum absolute atomic E-state index is 5.79. The van der Waals surface area contributed by atoms with Gasteiger partial charge in [0.05, 0.1) is 13.2 Å². The lowest BCUT2D eigenvalue weighted by Gasteiger charge is -2.35. The Morgan fingerprint density at radius 2 is 2.10 bits per heavy atom. The van der Waals surface area contributed by atoms with Gasteiger partial charge in [-0.15, -0.1) is 24.8 Å². The zero-order valence-corrected chi connectivity index (χ0v) is 13.3. The largest absolute Gasteiger partial charge is 0.492 e. The van der Waals surface area contributed by atoms with Crippen LogP contribution >= 0.6 is 24.8 Å². The van der Waals surface area contributed by atoms with Crippen LogP contribution in [0.2, 0.25) is 0 Å². The third kappa shape index (κ3) is 3.70. The fourth-order valence-corrected chi connectivity index (χ4v) is 2.57. The van der Waals surface area contributed by atoms with Crippen LogP contribution in [0.1, 0.15) is 12.5 Å². The number of rotatable bonds is 1. The summed E-state index contributed by atoms with van der Waals surface area (Å²) in [5.41, 5.74) is 2.49. The zero-order chi connectivity index (χ0) is 12.4. The van der Waals surface area contributed by atoms with Crippen molar-refractivity contribution in [3.63, 3.8) is 0 Å². The van der Waals surface area contributed by atoms with Crippen molar-refractivity contribution in [1.82, 2.24) is 5.32 Å². The predicted octanol–water partition coefficient (Wildman–Crippen LogP) is 2.24. The van der Waals surface area contributed by atoms with Crippen molar-refractivity contribution < 1.29 is 9.47 Å². The Labute approximate surface area is 132 Å². The van der Waals surface area contributed by atoms with Gasteiger partial charge in [-0.05, 0) is 13.0 Å². The fraction of sp³-hybridized carbons (Fsp3) is 0.571. The molecule has 1 N–H and O–H groups in total. The van der Waals surface area contributed by atoms with Crippen molar-refractivity contribution in [3.8, 4) is 5.75 Å². The number of ether oxygens (including phenoxy) is 2. The highest BCUT2D eigenvalue weighted by atomic mass is 35.5. The lowest BCUT2D eigenvalue weighted by atomic mass is 10.1. The summed E-state index contributed by atoms with van der Waals surface area (Å²) in [5, 5.41) is 3.35. The molecule has 3 rings (SSSR count). The first-order chi connectivity index (χ1) is 8.84. The van der Waals surface area contributed by atoms with Crippen molar-refractivity contribution in [2.24, 2.45) is 0 Å². The number of fused-ring (bicyclic) bond motifs is 1. The van der Waals surface area contributed by atoms with Gasteiger partial charge in [0.2, 0.25) is 0 Å². The maximum Gasteiger partial charge on any atom is 0.125 e. The first kappa shape index (κ1) is 17.4. The van der Waals surface area contributed by atoms with E-state index in [1.54, 1.807) is 0 Å². The number of hydrogen-bond donors (Lipinski definition) is 1.